The number of likely N-dealkylation sites (N-methyl/N-ethyl adjacent to an activating group) is 1. The van der Waals surface area contributed by atoms with Crippen LogP contribution in [-0.2, 0) is 11.2 Å². The molecule has 0 saturated heterocycles. The van der Waals surface area contributed by atoms with Gasteiger partial charge in [-0.25, -0.2) is 0 Å². The number of methoxy groups -OCH3 is 1. The van der Waals surface area contributed by atoms with Crippen LogP contribution in [0.1, 0.15) is 30.5 Å². The van der Waals surface area contributed by atoms with E-state index in [0.717, 1.165) is 30.0 Å². The molecule has 1 aromatic rings. The summed E-state index contributed by atoms with van der Waals surface area (Å²) in [5, 5.41) is 0. The standard InChI is InChI=1S/C15H19NO4/c1-9(17)6-11-13-10(4-5-16(11)2)7-12-14(15(13)18-3)20-8-19-12/h7,11H,4-6,8H2,1-3H3/p+1/t11-/m0/s1. The average Bonchev–Trinajstić information content (AvgIpc) is 2.87. The van der Waals surface area contributed by atoms with Crippen molar-refractivity contribution in [3.8, 4) is 17.2 Å². The molecule has 0 radical (unpaired) electrons. The molecule has 2 atom stereocenters. The molecule has 2 aliphatic heterocycles. The summed E-state index contributed by atoms with van der Waals surface area (Å²) in [6, 6.07) is 2.17. The fraction of sp³-hybridized carbons (Fsp3) is 0.533. The Morgan fingerprint density at radius 2 is 2.30 bits per heavy atom. The van der Waals surface area contributed by atoms with Gasteiger partial charge in [0, 0.05) is 6.42 Å². The van der Waals surface area contributed by atoms with E-state index < -0.39 is 0 Å². The van der Waals surface area contributed by atoms with Gasteiger partial charge in [0.25, 0.3) is 0 Å². The molecule has 1 N–H and O–H groups in total. The first-order valence-electron chi connectivity index (χ1n) is 6.93. The highest BCUT2D eigenvalue weighted by Gasteiger charge is 2.36. The molecule has 108 valence electrons. The number of Topliss-reactive ketones (excluding diaryl/α,β-unsaturated/α-hetero) is 1. The second-order valence-electron chi connectivity index (χ2n) is 5.52. The van der Waals surface area contributed by atoms with E-state index in [1.165, 1.54) is 10.5 Å². The van der Waals surface area contributed by atoms with Crippen molar-refractivity contribution >= 4 is 5.78 Å². The molecule has 0 bridgehead atoms. The van der Waals surface area contributed by atoms with Crippen LogP contribution < -0.4 is 19.1 Å². The summed E-state index contributed by atoms with van der Waals surface area (Å²) in [4.78, 5) is 12.9. The van der Waals surface area contributed by atoms with Crippen LogP contribution in [0.15, 0.2) is 6.07 Å². The Morgan fingerprint density at radius 1 is 1.50 bits per heavy atom. The van der Waals surface area contributed by atoms with Gasteiger partial charge in [-0.05, 0) is 18.6 Å². The highest BCUT2D eigenvalue weighted by atomic mass is 16.7. The number of benzene rings is 1. The lowest BCUT2D eigenvalue weighted by atomic mass is 9.88. The number of ketones is 1. The van der Waals surface area contributed by atoms with Crippen molar-refractivity contribution in [2.45, 2.75) is 25.8 Å². The molecule has 0 saturated carbocycles. The number of hydrogen-bond acceptors (Lipinski definition) is 4. The van der Waals surface area contributed by atoms with Gasteiger partial charge in [0.2, 0.25) is 12.5 Å². The van der Waals surface area contributed by atoms with E-state index >= 15 is 0 Å². The average molecular weight is 278 g/mol. The molecule has 0 aliphatic carbocycles. The number of carbonyl (C=O) groups excluding carboxylic acids is 1. The van der Waals surface area contributed by atoms with Crippen molar-refractivity contribution < 1.29 is 23.9 Å². The quantitative estimate of drug-likeness (QED) is 0.875. The van der Waals surface area contributed by atoms with Crippen LogP contribution in [0.5, 0.6) is 17.2 Å². The summed E-state index contributed by atoms with van der Waals surface area (Å²) < 4.78 is 16.6. The largest absolute Gasteiger partial charge is 0.492 e. The number of rotatable bonds is 3. The van der Waals surface area contributed by atoms with Gasteiger partial charge < -0.3 is 19.1 Å². The van der Waals surface area contributed by atoms with Gasteiger partial charge in [-0.15, -0.1) is 0 Å². The van der Waals surface area contributed by atoms with Crippen LogP contribution in [0.25, 0.3) is 0 Å². The normalized spacial score (nSPS) is 23.4. The van der Waals surface area contributed by atoms with Crippen LogP contribution in [0.4, 0.5) is 0 Å². The van der Waals surface area contributed by atoms with E-state index in [1.54, 1.807) is 14.0 Å². The number of quaternary nitrogens is 1. The zero-order chi connectivity index (χ0) is 14.3. The second kappa shape index (κ2) is 4.98. The van der Waals surface area contributed by atoms with Gasteiger partial charge in [-0.1, -0.05) is 0 Å². The fourth-order valence-electron chi connectivity index (χ4n) is 3.19. The Kier molecular flexibility index (Phi) is 3.30. The lowest BCUT2D eigenvalue weighted by molar-refractivity contribution is -0.914. The van der Waals surface area contributed by atoms with Crippen LogP contribution >= 0.6 is 0 Å². The first kappa shape index (κ1) is 13.2. The molecule has 2 aliphatic rings. The molecule has 0 fully saturated rings. The smallest absolute Gasteiger partial charge is 0.231 e. The molecule has 3 rings (SSSR count). The van der Waals surface area contributed by atoms with Gasteiger partial charge in [0.15, 0.2) is 11.5 Å². The summed E-state index contributed by atoms with van der Waals surface area (Å²) in [6.45, 7) is 2.88. The van der Waals surface area contributed by atoms with Gasteiger partial charge >= 0.3 is 0 Å². The summed E-state index contributed by atoms with van der Waals surface area (Å²) in [5.74, 6) is 2.36. The summed E-state index contributed by atoms with van der Waals surface area (Å²) in [6.07, 6.45) is 1.48. The third-order valence-corrected chi connectivity index (χ3v) is 4.17. The maximum absolute atomic E-state index is 11.6. The molecule has 1 aromatic carbocycles. The topological polar surface area (TPSA) is 49.2 Å². The Balaban J connectivity index is 2.14. The van der Waals surface area contributed by atoms with E-state index in [4.69, 9.17) is 14.2 Å². The maximum Gasteiger partial charge on any atom is 0.231 e. The molecule has 0 aromatic heterocycles. The summed E-state index contributed by atoms with van der Waals surface area (Å²) >= 11 is 0. The monoisotopic (exact) mass is 278 g/mol. The molecule has 1 unspecified atom stereocenters. The molecule has 5 heteroatoms. The van der Waals surface area contributed by atoms with E-state index in [0.29, 0.717) is 12.2 Å². The zero-order valence-electron chi connectivity index (χ0n) is 12.1. The highest BCUT2D eigenvalue weighted by Crippen LogP contribution is 2.47. The third kappa shape index (κ3) is 2.02. The minimum atomic E-state index is 0.126. The summed E-state index contributed by atoms with van der Waals surface area (Å²) in [7, 11) is 3.77. The third-order valence-electron chi connectivity index (χ3n) is 4.17. The van der Waals surface area contributed by atoms with Crippen molar-refractivity contribution in [3.63, 3.8) is 0 Å². The second-order valence-corrected chi connectivity index (χ2v) is 5.52. The molecule has 0 amide bonds. The number of fused-ring (bicyclic) bond motifs is 2. The summed E-state index contributed by atoms with van der Waals surface area (Å²) in [5.41, 5.74) is 2.32. The number of nitrogens with one attached hydrogen (secondary N) is 1. The van der Waals surface area contributed by atoms with Gasteiger partial charge in [0.05, 0.1) is 32.7 Å². The van der Waals surface area contributed by atoms with Gasteiger partial charge in [-0.3, -0.25) is 4.79 Å². The van der Waals surface area contributed by atoms with Gasteiger partial charge in [0.1, 0.15) is 11.8 Å². The van der Waals surface area contributed by atoms with Crippen LogP contribution in [0, 0.1) is 0 Å². The minimum absolute atomic E-state index is 0.126. The van der Waals surface area contributed by atoms with Crippen molar-refractivity contribution in [2.24, 2.45) is 0 Å². The number of ether oxygens (including phenoxy) is 3. The van der Waals surface area contributed by atoms with Gasteiger partial charge in [-0.2, -0.15) is 0 Å². The molecule has 5 nitrogen and oxygen atoms in total. The fourth-order valence-corrected chi connectivity index (χ4v) is 3.19. The molecule has 20 heavy (non-hydrogen) atoms. The number of carbonyl (C=O) groups is 1. The van der Waals surface area contributed by atoms with Crippen molar-refractivity contribution in [1.29, 1.82) is 0 Å². The molecular formula is C15H20NO4+. The Morgan fingerprint density at radius 3 is 3.00 bits per heavy atom. The van der Waals surface area contributed by atoms with E-state index in [2.05, 4.69) is 7.05 Å². The van der Waals surface area contributed by atoms with Crippen LogP contribution in [-0.4, -0.2) is 33.3 Å². The first-order chi connectivity index (χ1) is 9.61. The SMILES string of the molecule is COc1c2c(cc3c1[C@H](CC(C)=O)[NH+](C)CC3)OCO2. The molecule has 0 spiro atoms. The van der Waals surface area contributed by atoms with E-state index in [-0.39, 0.29) is 18.6 Å². The Hall–Kier alpha value is -1.75. The van der Waals surface area contributed by atoms with Crippen LogP contribution in [0.2, 0.25) is 0 Å². The van der Waals surface area contributed by atoms with Crippen molar-refractivity contribution in [3.05, 3.63) is 17.2 Å². The van der Waals surface area contributed by atoms with E-state index in [1.807, 2.05) is 6.07 Å². The Labute approximate surface area is 118 Å². The highest BCUT2D eigenvalue weighted by molar-refractivity contribution is 5.76. The zero-order valence-corrected chi connectivity index (χ0v) is 12.1. The number of hydrogen-bond donors (Lipinski definition) is 1. The lowest BCUT2D eigenvalue weighted by Gasteiger charge is -2.32. The minimum Gasteiger partial charge on any atom is -0.492 e. The predicted molar refractivity (Wildman–Crippen MR) is 72.6 cm³/mol. The van der Waals surface area contributed by atoms with Crippen molar-refractivity contribution in [1.82, 2.24) is 0 Å². The molecular weight excluding hydrogens is 258 g/mol. The first-order valence-corrected chi connectivity index (χ1v) is 6.93. The van der Waals surface area contributed by atoms with Crippen LogP contribution in [0.3, 0.4) is 0 Å². The Bertz CT molecular complexity index is 555. The van der Waals surface area contributed by atoms with E-state index in [9.17, 15) is 4.79 Å². The maximum atomic E-state index is 11.6. The predicted octanol–water partition coefficient (Wildman–Crippen LogP) is 0.515. The van der Waals surface area contributed by atoms with Crippen molar-refractivity contribution in [2.75, 3.05) is 27.5 Å². The molecule has 2 heterocycles. The lowest BCUT2D eigenvalue weighted by Crippen LogP contribution is -3.10.